The van der Waals surface area contributed by atoms with Crippen molar-refractivity contribution in [3.8, 4) is 0 Å². The van der Waals surface area contributed by atoms with Gasteiger partial charge in [-0.3, -0.25) is 4.79 Å². The first kappa shape index (κ1) is 11.1. The van der Waals surface area contributed by atoms with E-state index in [1.807, 2.05) is 24.3 Å². The minimum atomic E-state index is -0.308. The lowest BCUT2D eigenvalue weighted by Crippen LogP contribution is -2.14. The number of nitrogens with one attached hydrogen (secondary N) is 1. The molecule has 0 unspecified atom stereocenters. The second-order valence-corrected chi connectivity index (χ2v) is 2.99. The number of rotatable bonds is 4. The molecule has 0 bridgehead atoms. The number of carbonyl (C=O) groups is 1. The van der Waals surface area contributed by atoms with Crippen molar-refractivity contribution in [2.24, 2.45) is 5.11 Å². The molecule has 0 saturated heterocycles. The summed E-state index contributed by atoms with van der Waals surface area (Å²) < 4.78 is 0. The normalized spacial score (nSPS) is 9.13. The highest BCUT2D eigenvalue weighted by molar-refractivity contribution is 5.92. The van der Waals surface area contributed by atoms with E-state index in [2.05, 4.69) is 22.3 Å². The van der Waals surface area contributed by atoms with E-state index in [4.69, 9.17) is 5.53 Å². The fourth-order valence-corrected chi connectivity index (χ4v) is 1.12. The Morgan fingerprint density at radius 2 is 2.13 bits per heavy atom. The van der Waals surface area contributed by atoms with Crippen molar-refractivity contribution in [2.45, 2.75) is 13.3 Å². The third kappa shape index (κ3) is 3.70. The molecule has 0 aromatic heterocycles. The Kier molecular flexibility index (Phi) is 4.19. The second-order valence-electron chi connectivity index (χ2n) is 2.99. The van der Waals surface area contributed by atoms with Gasteiger partial charge < -0.3 is 5.32 Å². The van der Waals surface area contributed by atoms with E-state index in [9.17, 15) is 4.79 Å². The number of benzene rings is 1. The number of nitrogens with zero attached hydrogens (tertiary/aromatic N) is 3. The van der Waals surface area contributed by atoms with Gasteiger partial charge in [0.25, 0.3) is 0 Å². The predicted molar refractivity (Wildman–Crippen MR) is 58.5 cm³/mol. The molecule has 0 spiro atoms. The zero-order valence-corrected chi connectivity index (χ0v) is 8.47. The first-order valence-corrected chi connectivity index (χ1v) is 4.66. The van der Waals surface area contributed by atoms with E-state index >= 15 is 0 Å². The van der Waals surface area contributed by atoms with Crippen molar-refractivity contribution >= 4 is 11.6 Å². The zero-order valence-electron chi connectivity index (χ0n) is 8.47. The Morgan fingerprint density at radius 3 is 2.67 bits per heavy atom. The minimum absolute atomic E-state index is 0.175. The lowest BCUT2D eigenvalue weighted by molar-refractivity contribution is -0.114. The van der Waals surface area contributed by atoms with E-state index in [-0.39, 0.29) is 12.5 Å². The molecule has 1 aromatic carbocycles. The summed E-state index contributed by atoms with van der Waals surface area (Å²) in [6.45, 7) is 1.89. The van der Waals surface area contributed by atoms with Crippen LogP contribution in [0.25, 0.3) is 10.4 Å². The highest BCUT2D eigenvalue weighted by Crippen LogP contribution is 2.09. The van der Waals surface area contributed by atoms with Gasteiger partial charge in [-0.25, -0.2) is 0 Å². The highest BCUT2D eigenvalue weighted by atomic mass is 16.1. The monoisotopic (exact) mass is 204 g/mol. The topological polar surface area (TPSA) is 77.9 Å². The van der Waals surface area contributed by atoms with Gasteiger partial charge in [-0.05, 0) is 29.6 Å². The van der Waals surface area contributed by atoms with Crippen LogP contribution in [0.4, 0.5) is 5.69 Å². The molecule has 0 heterocycles. The van der Waals surface area contributed by atoms with Crippen molar-refractivity contribution in [2.75, 3.05) is 11.9 Å². The molecule has 1 amide bonds. The van der Waals surface area contributed by atoms with E-state index in [1.165, 1.54) is 5.56 Å². The predicted octanol–water partition coefficient (Wildman–Crippen LogP) is 2.50. The summed E-state index contributed by atoms with van der Waals surface area (Å²) in [6, 6.07) is 7.55. The minimum Gasteiger partial charge on any atom is -0.326 e. The molecule has 1 rings (SSSR count). The molecule has 0 aliphatic heterocycles. The van der Waals surface area contributed by atoms with Gasteiger partial charge in [-0.1, -0.05) is 24.2 Å². The van der Waals surface area contributed by atoms with Crippen LogP contribution in [0.5, 0.6) is 0 Å². The molecule has 78 valence electrons. The summed E-state index contributed by atoms with van der Waals surface area (Å²) in [4.78, 5) is 13.7. The van der Waals surface area contributed by atoms with Gasteiger partial charge in [0.15, 0.2) is 0 Å². The summed E-state index contributed by atoms with van der Waals surface area (Å²) in [5.41, 5.74) is 9.95. The van der Waals surface area contributed by atoms with E-state index < -0.39 is 0 Å². The van der Waals surface area contributed by atoms with Crippen molar-refractivity contribution in [3.63, 3.8) is 0 Å². The molecule has 1 aromatic rings. The number of hydrogen-bond donors (Lipinski definition) is 1. The largest absolute Gasteiger partial charge is 0.326 e. The van der Waals surface area contributed by atoms with Crippen LogP contribution in [-0.4, -0.2) is 12.5 Å². The number of hydrogen-bond acceptors (Lipinski definition) is 2. The third-order valence-electron chi connectivity index (χ3n) is 1.92. The average Bonchev–Trinajstić information content (AvgIpc) is 2.27. The SMILES string of the molecule is CCc1ccc(NC(=O)CN=[N+]=[N-])cc1. The maximum Gasteiger partial charge on any atom is 0.230 e. The summed E-state index contributed by atoms with van der Waals surface area (Å²) in [5, 5.41) is 5.79. The van der Waals surface area contributed by atoms with Crippen LogP contribution in [0.15, 0.2) is 29.4 Å². The van der Waals surface area contributed by atoms with E-state index in [0.29, 0.717) is 5.69 Å². The molecular formula is C10H12N4O. The smallest absolute Gasteiger partial charge is 0.230 e. The van der Waals surface area contributed by atoms with Crippen molar-refractivity contribution in [3.05, 3.63) is 40.3 Å². The number of amides is 1. The number of anilines is 1. The number of carbonyl (C=O) groups excluding carboxylic acids is 1. The van der Waals surface area contributed by atoms with Crippen LogP contribution < -0.4 is 5.32 Å². The van der Waals surface area contributed by atoms with Crippen LogP contribution in [-0.2, 0) is 11.2 Å². The van der Waals surface area contributed by atoms with Gasteiger partial charge in [-0.2, -0.15) is 0 Å². The van der Waals surface area contributed by atoms with Crippen LogP contribution in [0, 0.1) is 0 Å². The molecule has 0 aliphatic carbocycles. The maximum atomic E-state index is 11.1. The molecule has 5 nitrogen and oxygen atoms in total. The standard InChI is InChI=1S/C10H12N4O/c1-2-8-3-5-9(6-4-8)13-10(15)7-12-14-11/h3-6H,2,7H2,1H3,(H,13,15). The first-order chi connectivity index (χ1) is 7.26. The molecule has 5 heteroatoms. The summed E-state index contributed by atoms with van der Waals surface area (Å²) in [7, 11) is 0. The molecular weight excluding hydrogens is 192 g/mol. The number of aryl methyl sites for hydroxylation is 1. The van der Waals surface area contributed by atoms with Gasteiger partial charge in [-0.15, -0.1) is 0 Å². The third-order valence-corrected chi connectivity index (χ3v) is 1.92. The molecule has 0 saturated carbocycles. The Balaban J connectivity index is 2.56. The zero-order chi connectivity index (χ0) is 11.1. The number of azide groups is 1. The highest BCUT2D eigenvalue weighted by Gasteiger charge is 1.99. The summed E-state index contributed by atoms with van der Waals surface area (Å²) >= 11 is 0. The Morgan fingerprint density at radius 1 is 1.47 bits per heavy atom. The van der Waals surface area contributed by atoms with Crippen LogP contribution in [0.2, 0.25) is 0 Å². The molecule has 0 fully saturated rings. The maximum absolute atomic E-state index is 11.1. The van der Waals surface area contributed by atoms with Gasteiger partial charge in [0.1, 0.15) is 6.54 Å². The average molecular weight is 204 g/mol. The van der Waals surface area contributed by atoms with Gasteiger partial charge in [0.2, 0.25) is 5.91 Å². The van der Waals surface area contributed by atoms with Crippen molar-refractivity contribution in [1.82, 2.24) is 0 Å². The molecule has 1 N–H and O–H groups in total. The summed E-state index contributed by atoms with van der Waals surface area (Å²) in [6.07, 6.45) is 0.965. The lowest BCUT2D eigenvalue weighted by atomic mass is 10.1. The van der Waals surface area contributed by atoms with E-state index in [0.717, 1.165) is 6.42 Å². The van der Waals surface area contributed by atoms with Gasteiger partial charge >= 0.3 is 0 Å². The molecule has 0 atom stereocenters. The van der Waals surface area contributed by atoms with Crippen molar-refractivity contribution in [1.29, 1.82) is 0 Å². The van der Waals surface area contributed by atoms with Gasteiger partial charge in [0, 0.05) is 10.6 Å². The second kappa shape index (κ2) is 5.67. The fraction of sp³-hybridized carbons (Fsp3) is 0.300. The Bertz CT molecular complexity index is 379. The first-order valence-electron chi connectivity index (χ1n) is 4.66. The quantitative estimate of drug-likeness (QED) is 0.456. The Labute approximate surface area is 87.7 Å². The van der Waals surface area contributed by atoms with Crippen LogP contribution in [0.3, 0.4) is 0 Å². The molecule has 0 aliphatic rings. The van der Waals surface area contributed by atoms with Crippen molar-refractivity contribution < 1.29 is 4.79 Å². The van der Waals surface area contributed by atoms with Crippen LogP contribution in [0.1, 0.15) is 12.5 Å². The lowest BCUT2D eigenvalue weighted by Gasteiger charge is -2.03. The molecule has 0 radical (unpaired) electrons. The van der Waals surface area contributed by atoms with E-state index in [1.54, 1.807) is 0 Å². The summed E-state index contributed by atoms with van der Waals surface area (Å²) in [5.74, 6) is -0.308. The molecule has 15 heavy (non-hydrogen) atoms. The van der Waals surface area contributed by atoms with Gasteiger partial charge in [0.05, 0.1) is 0 Å². The Hall–Kier alpha value is -2.00. The van der Waals surface area contributed by atoms with Crippen LogP contribution >= 0.6 is 0 Å². The fourth-order valence-electron chi connectivity index (χ4n) is 1.12.